The molecule has 1 aliphatic rings. The SMILES string of the molecule is CN=C(NCCc1ncc(C)s1)NC1CCN(CC(N)=O)CC1. The molecule has 0 spiro atoms. The van der Waals surface area contributed by atoms with Crippen molar-refractivity contribution in [1.82, 2.24) is 20.5 Å². The number of amides is 1. The van der Waals surface area contributed by atoms with Gasteiger partial charge in [-0.15, -0.1) is 11.3 Å². The lowest BCUT2D eigenvalue weighted by Gasteiger charge is -2.32. The number of piperidine rings is 1. The molecule has 128 valence electrons. The number of hydrogen-bond donors (Lipinski definition) is 3. The maximum absolute atomic E-state index is 10.9. The average molecular weight is 338 g/mol. The van der Waals surface area contributed by atoms with Crippen molar-refractivity contribution in [3.05, 3.63) is 16.1 Å². The van der Waals surface area contributed by atoms with E-state index in [1.807, 2.05) is 6.20 Å². The van der Waals surface area contributed by atoms with Crippen molar-refractivity contribution < 1.29 is 4.79 Å². The lowest BCUT2D eigenvalue weighted by atomic mass is 10.1. The predicted octanol–water partition coefficient (Wildman–Crippen LogP) is 0.109. The first-order valence-electron chi connectivity index (χ1n) is 7.96. The number of hydrogen-bond acceptors (Lipinski definition) is 5. The van der Waals surface area contributed by atoms with Gasteiger partial charge in [0, 0.05) is 50.2 Å². The normalized spacial score (nSPS) is 17.2. The number of aryl methyl sites for hydroxylation is 1. The fourth-order valence-electron chi connectivity index (χ4n) is 2.65. The number of carbonyl (C=O) groups is 1. The highest BCUT2D eigenvalue weighted by molar-refractivity contribution is 7.11. The van der Waals surface area contributed by atoms with Crippen LogP contribution < -0.4 is 16.4 Å². The van der Waals surface area contributed by atoms with Gasteiger partial charge in [0.1, 0.15) is 0 Å². The van der Waals surface area contributed by atoms with Crippen LogP contribution in [0.3, 0.4) is 0 Å². The highest BCUT2D eigenvalue weighted by Crippen LogP contribution is 2.11. The zero-order valence-electron chi connectivity index (χ0n) is 13.8. The summed E-state index contributed by atoms with van der Waals surface area (Å²) < 4.78 is 0. The highest BCUT2D eigenvalue weighted by atomic mass is 32.1. The number of primary amides is 1. The van der Waals surface area contributed by atoms with E-state index < -0.39 is 0 Å². The number of likely N-dealkylation sites (tertiary alicyclic amines) is 1. The van der Waals surface area contributed by atoms with Crippen LogP contribution in [-0.4, -0.2) is 61.0 Å². The molecular weight excluding hydrogens is 312 g/mol. The Labute approximate surface area is 141 Å². The summed E-state index contributed by atoms with van der Waals surface area (Å²) in [4.78, 5) is 22.9. The van der Waals surface area contributed by atoms with E-state index in [4.69, 9.17) is 5.73 Å². The van der Waals surface area contributed by atoms with E-state index in [-0.39, 0.29) is 5.91 Å². The van der Waals surface area contributed by atoms with E-state index >= 15 is 0 Å². The predicted molar refractivity (Wildman–Crippen MR) is 93.7 cm³/mol. The van der Waals surface area contributed by atoms with E-state index in [2.05, 4.69) is 32.4 Å². The molecule has 2 heterocycles. The van der Waals surface area contributed by atoms with Crippen LogP contribution in [0.15, 0.2) is 11.2 Å². The third-order valence-corrected chi connectivity index (χ3v) is 4.80. The van der Waals surface area contributed by atoms with Crippen molar-refractivity contribution in [1.29, 1.82) is 0 Å². The monoisotopic (exact) mass is 338 g/mol. The molecule has 4 N–H and O–H groups in total. The van der Waals surface area contributed by atoms with Crippen molar-refractivity contribution >= 4 is 23.2 Å². The number of aromatic nitrogens is 1. The molecule has 1 saturated heterocycles. The van der Waals surface area contributed by atoms with E-state index in [1.165, 1.54) is 4.88 Å². The van der Waals surface area contributed by atoms with Crippen LogP contribution in [0.4, 0.5) is 0 Å². The van der Waals surface area contributed by atoms with Gasteiger partial charge in [-0.1, -0.05) is 0 Å². The number of nitrogens with zero attached hydrogens (tertiary/aromatic N) is 3. The molecule has 1 fully saturated rings. The summed E-state index contributed by atoms with van der Waals surface area (Å²) in [5.41, 5.74) is 5.23. The smallest absolute Gasteiger partial charge is 0.231 e. The Morgan fingerprint density at radius 3 is 2.83 bits per heavy atom. The van der Waals surface area contributed by atoms with Gasteiger partial charge in [-0.3, -0.25) is 14.7 Å². The van der Waals surface area contributed by atoms with Gasteiger partial charge in [0.25, 0.3) is 0 Å². The van der Waals surface area contributed by atoms with E-state index in [0.29, 0.717) is 12.6 Å². The third-order valence-electron chi connectivity index (χ3n) is 3.83. The second kappa shape index (κ2) is 8.83. The minimum Gasteiger partial charge on any atom is -0.369 e. The zero-order chi connectivity index (χ0) is 16.7. The van der Waals surface area contributed by atoms with Crippen LogP contribution in [0.2, 0.25) is 0 Å². The van der Waals surface area contributed by atoms with E-state index in [0.717, 1.165) is 49.9 Å². The van der Waals surface area contributed by atoms with Gasteiger partial charge >= 0.3 is 0 Å². The molecule has 1 aliphatic heterocycles. The first-order valence-corrected chi connectivity index (χ1v) is 8.77. The molecule has 0 atom stereocenters. The maximum Gasteiger partial charge on any atom is 0.231 e. The molecule has 1 aromatic heterocycles. The molecule has 8 heteroatoms. The molecule has 0 bridgehead atoms. The van der Waals surface area contributed by atoms with Crippen LogP contribution in [0.25, 0.3) is 0 Å². The van der Waals surface area contributed by atoms with Crippen LogP contribution in [0, 0.1) is 6.92 Å². The Hall–Kier alpha value is -1.67. The molecule has 0 aromatic carbocycles. The summed E-state index contributed by atoms with van der Waals surface area (Å²) in [6.45, 7) is 5.01. The molecule has 1 aromatic rings. The molecule has 0 aliphatic carbocycles. The molecule has 23 heavy (non-hydrogen) atoms. The van der Waals surface area contributed by atoms with Gasteiger partial charge in [0.15, 0.2) is 5.96 Å². The lowest BCUT2D eigenvalue weighted by molar-refractivity contribution is -0.119. The number of carbonyl (C=O) groups excluding carboxylic acids is 1. The minimum atomic E-state index is -0.258. The second-order valence-electron chi connectivity index (χ2n) is 5.77. The fourth-order valence-corrected chi connectivity index (χ4v) is 3.44. The van der Waals surface area contributed by atoms with E-state index in [1.54, 1.807) is 18.4 Å². The molecule has 0 radical (unpaired) electrons. The van der Waals surface area contributed by atoms with E-state index in [9.17, 15) is 4.79 Å². The summed E-state index contributed by atoms with van der Waals surface area (Å²) in [5, 5.41) is 7.93. The number of thiazole rings is 1. The Morgan fingerprint density at radius 2 is 2.26 bits per heavy atom. The van der Waals surface area contributed by atoms with Crippen molar-refractivity contribution in [2.75, 3.05) is 33.2 Å². The molecule has 7 nitrogen and oxygen atoms in total. The topological polar surface area (TPSA) is 95.6 Å². The van der Waals surface area contributed by atoms with Crippen molar-refractivity contribution in [3.8, 4) is 0 Å². The Bertz CT molecular complexity index is 536. The first kappa shape index (κ1) is 17.7. The maximum atomic E-state index is 10.9. The van der Waals surface area contributed by atoms with Crippen molar-refractivity contribution in [2.24, 2.45) is 10.7 Å². The zero-order valence-corrected chi connectivity index (χ0v) is 14.7. The summed E-state index contributed by atoms with van der Waals surface area (Å²) in [5.74, 6) is 0.568. The van der Waals surface area contributed by atoms with Gasteiger partial charge < -0.3 is 16.4 Å². The molecule has 0 saturated carbocycles. The van der Waals surface area contributed by atoms with Crippen molar-refractivity contribution in [2.45, 2.75) is 32.2 Å². The molecule has 2 rings (SSSR count). The number of aliphatic imine (C=N–C) groups is 1. The van der Waals surface area contributed by atoms with Gasteiger partial charge in [-0.2, -0.15) is 0 Å². The highest BCUT2D eigenvalue weighted by Gasteiger charge is 2.20. The fraction of sp³-hybridized carbons (Fsp3) is 0.667. The summed E-state index contributed by atoms with van der Waals surface area (Å²) >= 11 is 1.73. The number of nitrogens with two attached hydrogens (primary N) is 1. The Morgan fingerprint density at radius 1 is 1.52 bits per heavy atom. The largest absolute Gasteiger partial charge is 0.369 e. The standard InChI is InChI=1S/C15H26N6OS/c1-11-9-19-14(23-11)3-6-18-15(17-2)20-12-4-7-21(8-5-12)10-13(16)22/h9,12H,3-8,10H2,1-2H3,(H2,16,22)(H2,17,18,20). The molecule has 0 unspecified atom stereocenters. The van der Waals surface area contributed by atoms with Crippen LogP contribution in [-0.2, 0) is 11.2 Å². The molecule has 1 amide bonds. The average Bonchev–Trinajstić information content (AvgIpc) is 2.93. The van der Waals surface area contributed by atoms with Gasteiger partial charge in [0.2, 0.25) is 5.91 Å². The Balaban J connectivity index is 1.68. The number of rotatable bonds is 6. The summed E-state index contributed by atoms with van der Waals surface area (Å²) in [7, 11) is 1.78. The third kappa shape index (κ3) is 6.15. The number of guanidine groups is 1. The first-order chi connectivity index (χ1) is 11.1. The van der Waals surface area contributed by atoms with Crippen LogP contribution >= 0.6 is 11.3 Å². The van der Waals surface area contributed by atoms with Gasteiger partial charge in [-0.25, -0.2) is 4.98 Å². The van der Waals surface area contributed by atoms with Gasteiger partial charge in [0.05, 0.1) is 11.6 Å². The van der Waals surface area contributed by atoms with Gasteiger partial charge in [-0.05, 0) is 19.8 Å². The molecular formula is C15H26N6OS. The van der Waals surface area contributed by atoms with Crippen LogP contribution in [0.1, 0.15) is 22.7 Å². The van der Waals surface area contributed by atoms with Crippen molar-refractivity contribution in [3.63, 3.8) is 0 Å². The Kier molecular flexibility index (Phi) is 6.79. The second-order valence-corrected chi connectivity index (χ2v) is 7.09. The van der Waals surface area contributed by atoms with Crippen LogP contribution in [0.5, 0.6) is 0 Å². The summed E-state index contributed by atoms with van der Waals surface area (Å²) in [6, 6.07) is 0.382. The minimum absolute atomic E-state index is 0.258. The lowest BCUT2D eigenvalue weighted by Crippen LogP contribution is -2.50. The number of nitrogens with one attached hydrogen (secondary N) is 2. The quantitative estimate of drug-likeness (QED) is 0.505. The summed E-state index contributed by atoms with van der Waals surface area (Å²) in [6.07, 6.45) is 4.78.